The van der Waals surface area contributed by atoms with Crippen molar-refractivity contribution in [2.24, 2.45) is 0 Å². The van der Waals surface area contributed by atoms with E-state index in [9.17, 15) is 5.11 Å². The van der Waals surface area contributed by atoms with Crippen molar-refractivity contribution in [1.82, 2.24) is 0 Å². The Balaban J connectivity index is 2.14. The van der Waals surface area contributed by atoms with E-state index in [1.807, 2.05) is 37.4 Å². The minimum atomic E-state index is 0.157. The van der Waals surface area contributed by atoms with Crippen LogP contribution in [0.2, 0.25) is 0 Å². The molecule has 106 valence electrons. The third-order valence-corrected chi connectivity index (χ3v) is 3.16. The van der Waals surface area contributed by atoms with Gasteiger partial charge < -0.3 is 19.5 Å². The standard InChI is InChI=1S/C16H19NO3/c1-17(13-5-4-6-14(10-13)19-2)11-12-7-8-16(20-3)15(18)9-12/h4-10,18H,11H2,1-3H3. The topological polar surface area (TPSA) is 41.9 Å². The normalized spacial score (nSPS) is 10.2. The molecular weight excluding hydrogens is 254 g/mol. The summed E-state index contributed by atoms with van der Waals surface area (Å²) in [6.45, 7) is 0.685. The van der Waals surface area contributed by atoms with Crippen molar-refractivity contribution >= 4 is 5.69 Å². The monoisotopic (exact) mass is 273 g/mol. The summed E-state index contributed by atoms with van der Waals surface area (Å²) in [4.78, 5) is 2.09. The van der Waals surface area contributed by atoms with Crippen LogP contribution in [-0.2, 0) is 6.54 Å². The molecule has 0 aliphatic carbocycles. The lowest BCUT2D eigenvalue weighted by molar-refractivity contribution is 0.373. The van der Waals surface area contributed by atoms with Crippen molar-refractivity contribution in [3.8, 4) is 17.2 Å². The Kier molecular flexibility index (Phi) is 4.35. The predicted octanol–water partition coefficient (Wildman–Crippen LogP) is 3.05. The van der Waals surface area contributed by atoms with Crippen LogP contribution in [0.3, 0.4) is 0 Å². The first-order chi connectivity index (χ1) is 9.63. The number of phenolic OH excluding ortho intramolecular Hbond substituents is 1. The first-order valence-corrected chi connectivity index (χ1v) is 6.35. The zero-order valence-electron chi connectivity index (χ0n) is 12.0. The summed E-state index contributed by atoms with van der Waals surface area (Å²) < 4.78 is 10.3. The van der Waals surface area contributed by atoms with E-state index in [4.69, 9.17) is 9.47 Å². The van der Waals surface area contributed by atoms with Gasteiger partial charge in [0.2, 0.25) is 0 Å². The number of anilines is 1. The molecule has 0 atom stereocenters. The third kappa shape index (κ3) is 3.15. The molecule has 0 unspecified atom stereocenters. The molecule has 0 heterocycles. The van der Waals surface area contributed by atoms with Crippen molar-refractivity contribution in [3.63, 3.8) is 0 Å². The summed E-state index contributed by atoms with van der Waals surface area (Å²) >= 11 is 0. The number of ether oxygens (including phenoxy) is 2. The highest BCUT2D eigenvalue weighted by Crippen LogP contribution is 2.28. The van der Waals surface area contributed by atoms with Gasteiger partial charge in [-0.25, -0.2) is 0 Å². The van der Waals surface area contributed by atoms with Crippen molar-refractivity contribution in [2.45, 2.75) is 6.54 Å². The molecule has 2 aromatic carbocycles. The summed E-state index contributed by atoms with van der Waals surface area (Å²) in [5.41, 5.74) is 2.06. The van der Waals surface area contributed by atoms with Gasteiger partial charge in [0.15, 0.2) is 11.5 Å². The molecule has 0 spiro atoms. The quantitative estimate of drug-likeness (QED) is 0.909. The van der Waals surface area contributed by atoms with E-state index < -0.39 is 0 Å². The van der Waals surface area contributed by atoms with Crippen LogP contribution in [-0.4, -0.2) is 26.4 Å². The van der Waals surface area contributed by atoms with E-state index in [2.05, 4.69) is 4.90 Å². The van der Waals surface area contributed by atoms with Crippen molar-refractivity contribution in [1.29, 1.82) is 0 Å². The highest BCUT2D eigenvalue weighted by atomic mass is 16.5. The largest absolute Gasteiger partial charge is 0.504 e. The minimum absolute atomic E-state index is 0.157. The van der Waals surface area contributed by atoms with Gasteiger partial charge in [0.25, 0.3) is 0 Å². The highest BCUT2D eigenvalue weighted by molar-refractivity contribution is 5.51. The van der Waals surface area contributed by atoms with Gasteiger partial charge >= 0.3 is 0 Å². The Morgan fingerprint density at radius 1 is 1.05 bits per heavy atom. The average molecular weight is 273 g/mol. The molecular formula is C16H19NO3. The van der Waals surface area contributed by atoms with Gasteiger partial charge in [-0.15, -0.1) is 0 Å². The van der Waals surface area contributed by atoms with E-state index >= 15 is 0 Å². The Hall–Kier alpha value is -2.36. The molecule has 0 aliphatic heterocycles. The SMILES string of the molecule is COc1cccc(N(C)Cc2ccc(OC)c(O)c2)c1. The van der Waals surface area contributed by atoms with Gasteiger partial charge in [-0.2, -0.15) is 0 Å². The van der Waals surface area contributed by atoms with Crippen LogP contribution in [0.15, 0.2) is 42.5 Å². The summed E-state index contributed by atoms with van der Waals surface area (Å²) in [5, 5.41) is 9.79. The fraction of sp³-hybridized carbons (Fsp3) is 0.250. The highest BCUT2D eigenvalue weighted by Gasteiger charge is 2.06. The van der Waals surface area contributed by atoms with Crippen LogP contribution in [0.1, 0.15) is 5.56 Å². The molecule has 1 N–H and O–H groups in total. The smallest absolute Gasteiger partial charge is 0.160 e. The molecule has 0 fully saturated rings. The van der Waals surface area contributed by atoms with Gasteiger partial charge in [0, 0.05) is 25.3 Å². The van der Waals surface area contributed by atoms with E-state index in [0.717, 1.165) is 17.0 Å². The number of rotatable bonds is 5. The van der Waals surface area contributed by atoms with Crippen molar-refractivity contribution in [2.75, 3.05) is 26.2 Å². The molecule has 0 saturated heterocycles. The number of nitrogens with zero attached hydrogens (tertiary/aromatic N) is 1. The lowest BCUT2D eigenvalue weighted by Crippen LogP contribution is -2.16. The summed E-state index contributed by atoms with van der Waals surface area (Å²) in [6, 6.07) is 13.3. The second-order valence-electron chi connectivity index (χ2n) is 4.56. The van der Waals surface area contributed by atoms with E-state index in [0.29, 0.717) is 12.3 Å². The van der Waals surface area contributed by atoms with Gasteiger partial charge in [-0.1, -0.05) is 12.1 Å². The molecule has 0 saturated carbocycles. The van der Waals surface area contributed by atoms with E-state index in [1.54, 1.807) is 19.2 Å². The van der Waals surface area contributed by atoms with E-state index in [-0.39, 0.29) is 5.75 Å². The van der Waals surface area contributed by atoms with Gasteiger partial charge in [-0.05, 0) is 29.8 Å². The zero-order valence-corrected chi connectivity index (χ0v) is 12.0. The second kappa shape index (κ2) is 6.19. The molecule has 20 heavy (non-hydrogen) atoms. The zero-order chi connectivity index (χ0) is 14.5. The van der Waals surface area contributed by atoms with Crippen LogP contribution >= 0.6 is 0 Å². The Morgan fingerprint density at radius 2 is 1.85 bits per heavy atom. The number of hydrogen-bond acceptors (Lipinski definition) is 4. The fourth-order valence-corrected chi connectivity index (χ4v) is 2.05. The molecule has 4 nitrogen and oxygen atoms in total. The first kappa shape index (κ1) is 14.1. The molecule has 4 heteroatoms. The molecule has 2 aromatic rings. The number of aromatic hydroxyl groups is 1. The van der Waals surface area contributed by atoms with Crippen LogP contribution in [0.5, 0.6) is 17.2 Å². The lowest BCUT2D eigenvalue weighted by atomic mass is 10.2. The average Bonchev–Trinajstić information content (AvgIpc) is 2.47. The predicted molar refractivity (Wildman–Crippen MR) is 79.8 cm³/mol. The Morgan fingerprint density at radius 3 is 2.50 bits per heavy atom. The van der Waals surface area contributed by atoms with Crippen LogP contribution in [0, 0.1) is 0 Å². The van der Waals surface area contributed by atoms with E-state index in [1.165, 1.54) is 7.11 Å². The Labute approximate surface area is 119 Å². The minimum Gasteiger partial charge on any atom is -0.504 e. The summed E-state index contributed by atoms with van der Waals surface area (Å²) in [6.07, 6.45) is 0. The van der Waals surface area contributed by atoms with Gasteiger partial charge in [0.1, 0.15) is 5.75 Å². The van der Waals surface area contributed by atoms with Gasteiger partial charge in [-0.3, -0.25) is 0 Å². The van der Waals surface area contributed by atoms with Crippen LogP contribution in [0.25, 0.3) is 0 Å². The van der Waals surface area contributed by atoms with Crippen molar-refractivity contribution in [3.05, 3.63) is 48.0 Å². The Bertz CT molecular complexity index is 584. The number of methoxy groups -OCH3 is 2. The maximum Gasteiger partial charge on any atom is 0.160 e. The first-order valence-electron chi connectivity index (χ1n) is 6.35. The molecule has 2 rings (SSSR count). The molecule has 0 radical (unpaired) electrons. The second-order valence-corrected chi connectivity index (χ2v) is 4.56. The summed E-state index contributed by atoms with van der Waals surface area (Å²) in [5.74, 6) is 1.47. The van der Waals surface area contributed by atoms with Crippen LogP contribution in [0.4, 0.5) is 5.69 Å². The maximum absolute atomic E-state index is 9.79. The third-order valence-electron chi connectivity index (χ3n) is 3.16. The number of phenols is 1. The van der Waals surface area contributed by atoms with Gasteiger partial charge in [0.05, 0.1) is 14.2 Å². The molecule has 0 amide bonds. The maximum atomic E-state index is 9.79. The van der Waals surface area contributed by atoms with Crippen LogP contribution < -0.4 is 14.4 Å². The molecule has 0 bridgehead atoms. The van der Waals surface area contributed by atoms with Crippen molar-refractivity contribution < 1.29 is 14.6 Å². The fourth-order valence-electron chi connectivity index (χ4n) is 2.05. The molecule has 0 aliphatic rings. The number of hydrogen-bond donors (Lipinski definition) is 1. The molecule has 0 aromatic heterocycles. The lowest BCUT2D eigenvalue weighted by Gasteiger charge is -2.20. The summed E-state index contributed by atoms with van der Waals surface area (Å²) in [7, 11) is 5.19. The number of benzene rings is 2.